The highest BCUT2D eigenvalue weighted by Crippen LogP contribution is 2.25. The predicted octanol–water partition coefficient (Wildman–Crippen LogP) is 5.69. The highest BCUT2D eigenvalue weighted by atomic mass is 79.9. The fourth-order valence-corrected chi connectivity index (χ4v) is 4.16. The topological polar surface area (TPSA) is 66.5 Å². The van der Waals surface area contributed by atoms with E-state index in [0.29, 0.717) is 16.9 Å². The van der Waals surface area contributed by atoms with Crippen LogP contribution in [0.1, 0.15) is 12.5 Å². The molecule has 0 unspecified atom stereocenters. The van der Waals surface area contributed by atoms with Crippen molar-refractivity contribution in [2.45, 2.75) is 6.92 Å². The summed E-state index contributed by atoms with van der Waals surface area (Å²) in [5.41, 5.74) is 2.36. The van der Waals surface area contributed by atoms with Gasteiger partial charge in [0, 0.05) is 4.47 Å². The quantitative estimate of drug-likeness (QED) is 0.520. The van der Waals surface area contributed by atoms with Gasteiger partial charge in [0.25, 0.3) is 10.0 Å². The number of rotatable bonds is 5. The Morgan fingerprint density at radius 1 is 0.897 bits per heavy atom. The van der Waals surface area contributed by atoms with Crippen LogP contribution < -0.4 is 9.62 Å². The average Bonchev–Trinajstić information content (AvgIpc) is 2.69. The molecule has 0 aromatic heterocycles. The van der Waals surface area contributed by atoms with Gasteiger partial charge in [-0.05, 0) is 54.5 Å². The van der Waals surface area contributed by atoms with Crippen molar-refractivity contribution < 1.29 is 13.2 Å². The number of sulfonamides is 1. The Morgan fingerprint density at radius 2 is 1.45 bits per heavy atom. The van der Waals surface area contributed by atoms with Crippen molar-refractivity contribution in [3.8, 4) is 0 Å². The Bertz CT molecular complexity index is 1090. The van der Waals surface area contributed by atoms with E-state index in [4.69, 9.17) is 0 Å². The van der Waals surface area contributed by atoms with E-state index in [2.05, 4.69) is 20.7 Å². The summed E-state index contributed by atoms with van der Waals surface area (Å²) in [6.07, 6.45) is 0. The van der Waals surface area contributed by atoms with Gasteiger partial charge in [0.1, 0.15) is 0 Å². The van der Waals surface area contributed by atoms with E-state index in [0.717, 1.165) is 15.4 Å². The third-order valence-corrected chi connectivity index (χ3v) is 5.69. The van der Waals surface area contributed by atoms with Crippen LogP contribution in [0.2, 0.25) is 0 Å². The van der Waals surface area contributed by atoms with Gasteiger partial charge in [0.05, 0.1) is 16.8 Å². The standard InChI is InChI=1S/C22H19BrN2O3S/c1-17(18-9-8-10-19(23)15-18)16-29(27,28)24-22(26)25(20-11-4-2-5-12-20)21-13-6-3-7-14-21/h2-16H,1H3,(H,24,26). The van der Waals surface area contributed by atoms with E-state index < -0.39 is 16.1 Å². The van der Waals surface area contributed by atoms with Crippen molar-refractivity contribution in [3.05, 3.63) is 100 Å². The van der Waals surface area contributed by atoms with Gasteiger partial charge in [-0.1, -0.05) is 64.5 Å². The molecule has 148 valence electrons. The third-order valence-electron chi connectivity index (χ3n) is 4.07. The summed E-state index contributed by atoms with van der Waals surface area (Å²) in [7, 11) is -4.02. The van der Waals surface area contributed by atoms with Crippen molar-refractivity contribution in [2.75, 3.05) is 4.90 Å². The van der Waals surface area contributed by atoms with Crippen LogP contribution in [-0.4, -0.2) is 14.4 Å². The summed E-state index contributed by atoms with van der Waals surface area (Å²) < 4.78 is 28.2. The fourth-order valence-electron chi connectivity index (χ4n) is 2.77. The van der Waals surface area contributed by atoms with Gasteiger partial charge >= 0.3 is 6.03 Å². The second kappa shape index (κ2) is 9.07. The zero-order chi connectivity index (χ0) is 20.9. The molecular weight excluding hydrogens is 452 g/mol. The predicted molar refractivity (Wildman–Crippen MR) is 120 cm³/mol. The molecule has 0 heterocycles. The molecule has 3 aromatic carbocycles. The van der Waals surface area contributed by atoms with E-state index in [1.54, 1.807) is 61.5 Å². The number of nitrogens with one attached hydrogen (secondary N) is 1. The van der Waals surface area contributed by atoms with Gasteiger partial charge in [0.2, 0.25) is 0 Å². The molecule has 29 heavy (non-hydrogen) atoms. The smallest absolute Gasteiger partial charge is 0.262 e. The molecule has 0 spiro atoms. The lowest BCUT2D eigenvalue weighted by molar-refractivity contribution is 0.253. The summed E-state index contributed by atoms with van der Waals surface area (Å²) in [6.45, 7) is 1.68. The Balaban J connectivity index is 1.90. The first-order valence-corrected chi connectivity index (χ1v) is 11.1. The number of hydrogen-bond acceptors (Lipinski definition) is 3. The zero-order valence-electron chi connectivity index (χ0n) is 15.6. The molecule has 0 bridgehead atoms. The number of carbonyl (C=O) groups is 1. The SMILES string of the molecule is CC(=CS(=O)(=O)NC(=O)N(c1ccccc1)c1ccccc1)c1cccc(Br)c1. The van der Waals surface area contributed by atoms with E-state index >= 15 is 0 Å². The van der Waals surface area contributed by atoms with Crippen molar-refractivity contribution in [1.29, 1.82) is 0 Å². The maximum Gasteiger partial charge on any atom is 0.340 e. The first-order chi connectivity index (χ1) is 13.9. The number of nitrogens with zero attached hydrogens (tertiary/aromatic N) is 1. The second-order valence-corrected chi connectivity index (χ2v) is 8.72. The van der Waals surface area contributed by atoms with Crippen molar-refractivity contribution in [1.82, 2.24) is 4.72 Å². The van der Waals surface area contributed by atoms with Gasteiger partial charge in [0.15, 0.2) is 0 Å². The lowest BCUT2D eigenvalue weighted by atomic mass is 10.1. The summed E-state index contributed by atoms with van der Waals surface area (Å²) >= 11 is 3.37. The molecule has 1 N–H and O–H groups in total. The maximum atomic E-state index is 12.9. The molecule has 7 heteroatoms. The van der Waals surface area contributed by atoms with Crippen LogP contribution in [0.25, 0.3) is 5.57 Å². The van der Waals surface area contributed by atoms with Crippen molar-refractivity contribution >= 4 is 48.9 Å². The van der Waals surface area contributed by atoms with Crippen molar-refractivity contribution in [3.63, 3.8) is 0 Å². The number of benzene rings is 3. The van der Waals surface area contributed by atoms with Crippen molar-refractivity contribution in [2.24, 2.45) is 0 Å². The zero-order valence-corrected chi connectivity index (χ0v) is 18.0. The number of anilines is 2. The lowest BCUT2D eigenvalue weighted by Gasteiger charge is -2.23. The molecule has 3 rings (SSSR count). The first-order valence-electron chi connectivity index (χ1n) is 8.77. The molecule has 5 nitrogen and oxygen atoms in total. The molecule has 0 fully saturated rings. The summed E-state index contributed by atoms with van der Waals surface area (Å²) in [4.78, 5) is 14.3. The number of para-hydroxylation sites is 2. The molecule has 2 amide bonds. The molecular formula is C22H19BrN2O3S. The summed E-state index contributed by atoms with van der Waals surface area (Å²) in [6, 6.07) is 24.2. The Labute approximate surface area is 178 Å². The molecule has 3 aromatic rings. The van der Waals surface area contributed by atoms with Crippen LogP contribution in [0.4, 0.5) is 16.2 Å². The van der Waals surface area contributed by atoms with Crippen LogP contribution in [0, 0.1) is 0 Å². The molecule has 0 radical (unpaired) electrons. The van der Waals surface area contributed by atoms with Crippen LogP contribution in [-0.2, 0) is 10.0 Å². The number of urea groups is 1. The molecule has 0 saturated carbocycles. The number of allylic oxidation sites excluding steroid dienone is 1. The third kappa shape index (κ3) is 5.56. The fraction of sp³-hybridized carbons (Fsp3) is 0.0455. The first kappa shape index (κ1) is 20.8. The van der Waals surface area contributed by atoms with E-state index in [9.17, 15) is 13.2 Å². The van der Waals surface area contributed by atoms with Crippen LogP contribution in [0.5, 0.6) is 0 Å². The molecule has 0 saturated heterocycles. The average molecular weight is 471 g/mol. The largest absolute Gasteiger partial charge is 0.340 e. The number of halogens is 1. The molecule has 0 aliphatic rings. The Kier molecular flexibility index (Phi) is 6.51. The lowest BCUT2D eigenvalue weighted by Crippen LogP contribution is -2.39. The number of hydrogen-bond donors (Lipinski definition) is 1. The monoisotopic (exact) mass is 470 g/mol. The van der Waals surface area contributed by atoms with E-state index in [1.807, 2.05) is 30.3 Å². The highest BCUT2D eigenvalue weighted by Gasteiger charge is 2.22. The Morgan fingerprint density at radius 3 is 1.97 bits per heavy atom. The van der Waals surface area contributed by atoms with Gasteiger partial charge in [-0.2, -0.15) is 0 Å². The van der Waals surface area contributed by atoms with E-state index in [1.165, 1.54) is 4.90 Å². The van der Waals surface area contributed by atoms with Gasteiger partial charge in [-0.15, -0.1) is 0 Å². The number of amides is 2. The van der Waals surface area contributed by atoms with Crippen LogP contribution >= 0.6 is 15.9 Å². The highest BCUT2D eigenvalue weighted by molar-refractivity contribution is 9.10. The minimum Gasteiger partial charge on any atom is -0.262 e. The minimum absolute atomic E-state index is 0.512. The Hall–Kier alpha value is -2.90. The normalized spacial score (nSPS) is 11.7. The summed E-state index contributed by atoms with van der Waals surface area (Å²) in [5.74, 6) is 0. The van der Waals surface area contributed by atoms with E-state index in [-0.39, 0.29) is 0 Å². The minimum atomic E-state index is -4.02. The maximum absolute atomic E-state index is 12.9. The van der Waals surface area contributed by atoms with Crippen LogP contribution in [0.15, 0.2) is 94.8 Å². The van der Waals surface area contributed by atoms with Crippen LogP contribution in [0.3, 0.4) is 0 Å². The van der Waals surface area contributed by atoms with Gasteiger partial charge in [-0.25, -0.2) is 17.9 Å². The molecule has 0 atom stereocenters. The second-order valence-electron chi connectivity index (χ2n) is 6.27. The summed E-state index contributed by atoms with van der Waals surface area (Å²) in [5, 5.41) is 1.06. The molecule has 0 aliphatic carbocycles. The van der Waals surface area contributed by atoms with Gasteiger partial charge in [-0.3, -0.25) is 4.90 Å². The molecule has 0 aliphatic heterocycles. The van der Waals surface area contributed by atoms with Gasteiger partial charge < -0.3 is 0 Å². The number of carbonyl (C=O) groups excluding carboxylic acids is 1.